The van der Waals surface area contributed by atoms with Gasteiger partial charge in [-0.15, -0.1) is 0 Å². The van der Waals surface area contributed by atoms with Crippen molar-refractivity contribution in [2.24, 2.45) is 29.6 Å². The van der Waals surface area contributed by atoms with Crippen LogP contribution in [0.25, 0.3) is 0 Å². The van der Waals surface area contributed by atoms with Gasteiger partial charge in [0.1, 0.15) is 0 Å². The number of hydrogen-bond donors (Lipinski definition) is 1. The van der Waals surface area contributed by atoms with Crippen molar-refractivity contribution in [2.45, 2.75) is 65.6 Å². The van der Waals surface area contributed by atoms with Gasteiger partial charge in [0.2, 0.25) is 5.91 Å². The zero-order chi connectivity index (χ0) is 14.4. The molecular formula is C17H30N2O. The Morgan fingerprint density at radius 3 is 2.00 bits per heavy atom. The quantitative estimate of drug-likeness (QED) is 0.810. The van der Waals surface area contributed by atoms with Crippen molar-refractivity contribution in [3.05, 3.63) is 0 Å². The Kier molecular flexibility index (Phi) is 3.83. The lowest BCUT2D eigenvalue weighted by Gasteiger charge is -2.31. The third-order valence-corrected chi connectivity index (χ3v) is 5.40. The Hall–Kier alpha value is -0.570. The summed E-state index contributed by atoms with van der Waals surface area (Å²) in [5.74, 6) is 3.84. The molecule has 2 atom stereocenters. The van der Waals surface area contributed by atoms with Gasteiger partial charge in [0.25, 0.3) is 0 Å². The molecule has 3 aliphatic rings. The summed E-state index contributed by atoms with van der Waals surface area (Å²) in [5.41, 5.74) is 0. The zero-order valence-electron chi connectivity index (χ0n) is 13.4. The van der Waals surface area contributed by atoms with Gasteiger partial charge in [-0.05, 0) is 55.3 Å². The first-order valence-corrected chi connectivity index (χ1v) is 8.55. The third-order valence-electron chi connectivity index (χ3n) is 5.40. The van der Waals surface area contributed by atoms with Crippen molar-refractivity contribution in [3.8, 4) is 0 Å². The van der Waals surface area contributed by atoms with Gasteiger partial charge in [-0.25, -0.2) is 0 Å². The van der Waals surface area contributed by atoms with Crippen LogP contribution in [-0.2, 0) is 4.79 Å². The highest BCUT2D eigenvalue weighted by Crippen LogP contribution is 2.49. The number of carbonyl (C=O) groups excluding carboxylic acids is 1. The molecule has 114 valence electrons. The second-order valence-corrected chi connectivity index (χ2v) is 7.91. The topological polar surface area (TPSA) is 32.3 Å². The summed E-state index contributed by atoms with van der Waals surface area (Å²) in [5, 5.41) is 3.59. The average molecular weight is 278 g/mol. The van der Waals surface area contributed by atoms with E-state index in [1.165, 1.54) is 25.7 Å². The minimum Gasteiger partial charge on any atom is -0.325 e. The van der Waals surface area contributed by atoms with Gasteiger partial charge < -0.3 is 4.90 Å². The van der Waals surface area contributed by atoms with E-state index in [2.05, 4.69) is 37.9 Å². The summed E-state index contributed by atoms with van der Waals surface area (Å²) >= 11 is 0. The molecule has 1 N–H and O–H groups in total. The molecule has 1 amide bonds. The molecule has 2 unspecified atom stereocenters. The molecule has 0 aromatic heterocycles. The molecule has 0 aromatic carbocycles. The lowest BCUT2D eigenvalue weighted by molar-refractivity contribution is -0.132. The molecule has 0 bridgehead atoms. The fourth-order valence-corrected chi connectivity index (χ4v) is 3.85. The van der Waals surface area contributed by atoms with Crippen LogP contribution in [0.15, 0.2) is 0 Å². The third kappa shape index (κ3) is 2.74. The molecule has 3 heteroatoms. The first kappa shape index (κ1) is 14.4. The number of rotatable bonds is 6. The minimum absolute atomic E-state index is 0.0291. The first-order chi connectivity index (χ1) is 9.49. The molecular weight excluding hydrogens is 248 g/mol. The summed E-state index contributed by atoms with van der Waals surface area (Å²) in [6.45, 7) is 9.76. The molecule has 3 fully saturated rings. The fraction of sp³-hybridized carbons (Fsp3) is 0.941. The van der Waals surface area contributed by atoms with Crippen LogP contribution in [0, 0.1) is 29.6 Å². The van der Waals surface area contributed by atoms with Crippen LogP contribution >= 0.6 is 0 Å². The van der Waals surface area contributed by atoms with E-state index in [1.807, 2.05) is 0 Å². The van der Waals surface area contributed by atoms with E-state index < -0.39 is 0 Å². The molecule has 1 saturated heterocycles. The lowest BCUT2D eigenvalue weighted by atomic mass is 9.96. The smallest absolute Gasteiger partial charge is 0.241 e. The average Bonchev–Trinajstić information content (AvgIpc) is 3.25. The SMILES string of the molecule is CC(C)C1NC(C(C)C)N(CC(C2CC2)C2CC2)C1=O. The predicted molar refractivity (Wildman–Crippen MR) is 81.0 cm³/mol. The van der Waals surface area contributed by atoms with Crippen LogP contribution in [0.3, 0.4) is 0 Å². The van der Waals surface area contributed by atoms with Crippen LogP contribution in [0.5, 0.6) is 0 Å². The number of amides is 1. The van der Waals surface area contributed by atoms with E-state index in [0.29, 0.717) is 17.7 Å². The first-order valence-electron chi connectivity index (χ1n) is 8.55. The Labute approximate surface area is 123 Å². The van der Waals surface area contributed by atoms with Crippen LogP contribution in [0.2, 0.25) is 0 Å². The van der Waals surface area contributed by atoms with Crippen LogP contribution < -0.4 is 5.32 Å². The fourth-order valence-electron chi connectivity index (χ4n) is 3.85. The number of nitrogens with zero attached hydrogens (tertiary/aromatic N) is 1. The molecule has 0 spiro atoms. The molecule has 2 aliphatic carbocycles. The molecule has 2 saturated carbocycles. The normalized spacial score (nSPS) is 31.1. The van der Waals surface area contributed by atoms with E-state index in [9.17, 15) is 4.79 Å². The molecule has 3 nitrogen and oxygen atoms in total. The standard InChI is InChI=1S/C17H30N2O/c1-10(2)15-17(20)19(16(18-15)11(3)4)9-14(12-5-6-12)13-7-8-13/h10-16,18H,5-9H2,1-4H3. The molecule has 1 heterocycles. The molecule has 3 rings (SSSR count). The monoisotopic (exact) mass is 278 g/mol. The van der Waals surface area contributed by atoms with E-state index >= 15 is 0 Å². The summed E-state index contributed by atoms with van der Waals surface area (Å²) in [7, 11) is 0. The maximum Gasteiger partial charge on any atom is 0.241 e. The molecule has 0 aromatic rings. The van der Waals surface area contributed by atoms with Crippen molar-refractivity contribution in [3.63, 3.8) is 0 Å². The van der Waals surface area contributed by atoms with Gasteiger partial charge in [0.05, 0.1) is 12.2 Å². The highest BCUT2D eigenvalue weighted by atomic mass is 16.2. The highest BCUT2D eigenvalue weighted by molar-refractivity contribution is 5.84. The van der Waals surface area contributed by atoms with E-state index in [1.54, 1.807) is 0 Å². The Morgan fingerprint density at radius 1 is 1.05 bits per heavy atom. The lowest BCUT2D eigenvalue weighted by Crippen LogP contribution is -2.44. The second-order valence-electron chi connectivity index (χ2n) is 7.91. The van der Waals surface area contributed by atoms with Gasteiger partial charge in [0, 0.05) is 6.54 Å². The second kappa shape index (κ2) is 5.32. The van der Waals surface area contributed by atoms with Crippen LogP contribution in [-0.4, -0.2) is 29.6 Å². The van der Waals surface area contributed by atoms with Gasteiger partial charge in [0.15, 0.2) is 0 Å². The summed E-state index contributed by atoms with van der Waals surface area (Å²) in [4.78, 5) is 14.9. The number of carbonyl (C=O) groups is 1. The van der Waals surface area contributed by atoms with Crippen molar-refractivity contribution in [1.29, 1.82) is 0 Å². The molecule has 1 aliphatic heterocycles. The largest absolute Gasteiger partial charge is 0.325 e. The minimum atomic E-state index is 0.0291. The van der Waals surface area contributed by atoms with E-state index in [4.69, 9.17) is 0 Å². The van der Waals surface area contributed by atoms with Crippen LogP contribution in [0.1, 0.15) is 53.4 Å². The van der Waals surface area contributed by atoms with Gasteiger partial charge in [-0.3, -0.25) is 10.1 Å². The van der Waals surface area contributed by atoms with Crippen molar-refractivity contribution >= 4 is 5.91 Å². The molecule has 20 heavy (non-hydrogen) atoms. The number of hydrogen-bond acceptors (Lipinski definition) is 2. The summed E-state index contributed by atoms with van der Waals surface area (Å²) in [6, 6.07) is 0.0291. The van der Waals surface area contributed by atoms with Crippen LogP contribution in [0.4, 0.5) is 0 Å². The van der Waals surface area contributed by atoms with Crippen molar-refractivity contribution in [2.75, 3.05) is 6.54 Å². The summed E-state index contributed by atoms with van der Waals surface area (Å²) in [6.07, 6.45) is 5.84. The van der Waals surface area contributed by atoms with Crippen molar-refractivity contribution < 1.29 is 4.79 Å². The van der Waals surface area contributed by atoms with E-state index in [-0.39, 0.29) is 12.2 Å². The Bertz CT molecular complexity index is 359. The molecule has 0 radical (unpaired) electrons. The maximum absolute atomic E-state index is 12.7. The highest BCUT2D eigenvalue weighted by Gasteiger charge is 2.47. The Morgan fingerprint density at radius 2 is 1.60 bits per heavy atom. The Balaban J connectivity index is 1.72. The predicted octanol–water partition coefficient (Wildman–Crippen LogP) is 2.86. The van der Waals surface area contributed by atoms with E-state index in [0.717, 1.165) is 24.3 Å². The van der Waals surface area contributed by atoms with Gasteiger partial charge in [-0.2, -0.15) is 0 Å². The van der Waals surface area contributed by atoms with Gasteiger partial charge in [-0.1, -0.05) is 27.7 Å². The maximum atomic E-state index is 12.7. The summed E-state index contributed by atoms with van der Waals surface area (Å²) < 4.78 is 0. The van der Waals surface area contributed by atoms with Crippen molar-refractivity contribution in [1.82, 2.24) is 10.2 Å². The zero-order valence-corrected chi connectivity index (χ0v) is 13.4. The number of nitrogens with one attached hydrogen (secondary N) is 1. The van der Waals surface area contributed by atoms with Gasteiger partial charge >= 0.3 is 0 Å².